The third kappa shape index (κ3) is 14.0. The van der Waals surface area contributed by atoms with Crippen LogP contribution >= 0.6 is 11.8 Å². The molecule has 0 bridgehead atoms. The molecule has 0 aliphatic carbocycles. The van der Waals surface area contributed by atoms with E-state index in [1.54, 1.807) is 11.8 Å². The van der Waals surface area contributed by atoms with E-state index in [2.05, 4.69) is 13.8 Å². The van der Waals surface area contributed by atoms with Crippen molar-refractivity contribution in [3.8, 4) is 0 Å². The van der Waals surface area contributed by atoms with E-state index in [1.165, 1.54) is 57.8 Å². The van der Waals surface area contributed by atoms with Crippen LogP contribution < -0.4 is 0 Å². The van der Waals surface area contributed by atoms with Gasteiger partial charge in [-0.15, -0.1) is 0 Å². The lowest BCUT2D eigenvalue weighted by Gasteiger charge is -2.01. The number of thioether (sulfide) groups is 1. The maximum absolute atomic E-state index is 11.5. The van der Waals surface area contributed by atoms with E-state index >= 15 is 0 Å². The van der Waals surface area contributed by atoms with E-state index in [0.29, 0.717) is 5.12 Å². The highest BCUT2D eigenvalue weighted by molar-refractivity contribution is 8.13. The van der Waals surface area contributed by atoms with Crippen molar-refractivity contribution < 1.29 is 4.79 Å². The summed E-state index contributed by atoms with van der Waals surface area (Å²) >= 11 is 1.56. The Morgan fingerprint density at radius 1 is 0.765 bits per heavy atom. The first kappa shape index (κ1) is 17.0. The van der Waals surface area contributed by atoms with E-state index in [4.69, 9.17) is 0 Å². The highest BCUT2D eigenvalue weighted by Gasteiger charge is 2.02. The molecule has 0 spiro atoms. The molecule has 0 rings (SSSR count). The second-order valence-electron chi connectivity index (χ2n) is 4.80. The summed E-state index contributed by atoms with van der Waals surface area (Å²) in [7, 11) is 0. The Morgan fingerprint density at radius 3 is 1.94 bits per heavy atom. The van der Waals surface area contributed by atoms with Crippen LogP contribution in [0.3, 0.4) is 0 Å². The first-order valence-electron chi connectivity index (χ1n) is 7.46. The molecule has 0 aromatic heterocycles. The fourth-order valence-corrected chi connectivity index (χ4v) is 2.70. The van der Waals surface area contributed by atoms with Gasteiger partial charge in [-0.1, -0.05) is 77.0 Å². The molecule has 0 unspecified atom stereocenters. The Bertz CT molecular complexity index is 168. The van der Waals surface area contributed by atoms with Crippen molar-refractivity contribution in [2.75, 3.05) is 5.75 Å². The second-order valence-corrected chi connectivity index (χ2v) is 5.95. The molecular formula is C15H30OS. The summed E-state index contributed by atoms with van der Waals surface area (Å²) in [5.41, 5.74) is 0. The minimum atomic E-state index is 0.414. The molecule has 1 nitrogen and oxygen atoms in total. The number of carbonyl (C=O) groups excluding carboxylic acids is 1. The van der Waals surface area contributed by atoms with E-state index in [0.717, 1.165) is 18.6 Å². The van der Waals surface area contributed by atoms with Gasteiger partial charge in [-0.2, -0.15) is 0 Å². The molecular weight excluding hydrogens is 228 g/mol. The standard InChI is InChI=1S/C15H30OS/c1-3-5-7-9-10-11-13-15(16)17-14-12-8-6-4-2/h3-14H2,1-2H3. The number of hydrogen-bond acceptors (Lipinski definition) is 2. The summed E-state index contributed by atoms with van der Waals surface area (Å²) in [6.45, 7) is 4.45. The van der Waals surface area contributed by atoms with Gasteiger partial charge in [0.2, 0.25) is 0 Å². The van der Waals surface area contributed by atoms with Gasteiger partial charge in [-0.3, -0.25) is 4.79 Å². The molecule has 0 atom stereocenters. The fraction of sp³-hybridized carbons (Fsp3) is 0.933. The lowest BCUT2D eigenvalue weighted by atomic mass is 10.1. The molecule has 0 saturated carbocycles. The van der Waals surface area contributed by atoms with Crippen LogP contribution in [0.5, 0.6) is 0 Å². The molecule has 0 saturated heterocycles. The van der Waals surface area contributed by atoms with Crippen LogP contribution in [-0.2, 0) is 4.79 Å². The average Bonchev–Trinajstić information content (AvgIpc) is 2.33. The predicted octanol–water partition coefficient (Wildman–Crippen LogP) is 5.58. The first-order chi connectivity index (χ1) is 8.31. The number of carbonyl (C=O) groups is 1. The number of rotatable bonds is 12. The monoisotopic (exact) mass is 258 g/mol. The molecule has 102 valence electrons. The van der Waals surface area contributed by atoms with Gasteiger partial charge in [-0.05, 0) is 12.8 Å². The SMILES string of the molecule is CCCCCCCCC(=O)SCCCCCC. The number of hydrogen-bond donors (Lipinski definition) is 0. The lowest BCUT2D eigenvalue weighted by molar-refractivity contribution is -0.111. The van der Waals surface area contributed by atoms with E-state index < -0.39 is 0 Å². The molecule has 0 aromatic rings. The normalized spacial score (nSPS) is 10.7. The Labute approximate surface area is 112 Å². The van der Waals surface area contributed by atoms with Crippen LogP contribution in [0, 0.1) is 0 Å². The van der Waals surface area contributed by atoms with Crippen LogP contribution in [0.25, 0.3) is 0 Å². The first-order valence-corrected chi connectivity index (χ1v) is 8.45. The predicted molar refractivity (Wildman–Crippen MR) is 79.6 cm³/mol. The van der Waals surface area contributed by atoms with Gasteiger partial charge >= 0.3 is 0 Å². The van der Waals surface area contributed by atoms with Gasteiger partial charge in [0.15, 0.2) is 5.12 Å². The topological polar surface area (TPSA) is 17.1 Å². The summed E-state index contributed by atoms with van der Waals surface area (Å²) in [5, 5.41) is 0.414. The summed E-state index contributed by atoms with van der Waals surface area (Å²) < 4.78 is 0. The molecule has 0 aromatic carbocycles. The molecule has 2 heteroatoms. The summed E-state index contributed by atoms with van der Waals surface area (Å²) in [6, 6.07) is 0. The van der Waals surface area contributed by atoms with Crippen molar-refractivity contribution in [1.82, 2.24) is 0 Å². The van der Waals surface area contributed by atoms with Crippen LogP contribution in [0.4, 0.5) is 0 Å². The molecule has 0 aliphatic heterocycles. The van der Waals surface area contributed by atoms with Crippen molar-refractivity contribution >= 4 is 16.9 Å². The molecule has 0 N–H and O–H groups in total. The van der Waals surface area contributed by atoms with Gasteiger partial charge in [0, 0.05) is 12.2 Å². The van der Waals surface area contributed by atoms with E-state index in [1.807, 2.05) is 0 Å². The highest BCUT2D eigenvalue weighted by Crippen LogP contribution is 2.14. The lowest BCUT2D eigenvalue weighted by Crippen LogP contribution is -1.94. The largest absolute Gasteiger partial charge is 0.287 e. The van der Waals surface area contributed by atoms with Gasteiger partial charge in [0.1, 0.15) is 0 Å². The maximum atomic E-state index is 11.5. The zero-order valence-corrected chi connectivity index (χ0v) is 12.6. The summed E-state index contributed by atoms with van der Waals surface area (Å²) in [5.74, 6) is 1.04. The Morgan fingerprint density at radius 2 is 1.29 bits per heavy atom. The minimum absolute atomic E-state index is 0.414. The quantitative estimate of drug-likeness (QED) is 0.425. The van der Waals surface area contributed by atoms with Gasteiger partial charge in [0.05, 0.1) is 0 Å². The van der Waals surface area contributed by atoms with E-state index in [-0.39, 0.29) is 0 Å². The molecule has 0 heterocycles. The van der Waals surface area contributed by atoms with Gasteiger partial charge < -0.3 is 0 Å². The Hall–Kier alpha value is 0.0200. The summed E-state index contributed by atoms with van der Waals surface area (Å²) in [4.78, 5) is 11.5. The zero-order chi connectivity index (χ0) is 12.8. The van der Waals surface area contributed by atoms with Crippen LogP contribution in [-0.4, -0.2) is 10.9 Å². The molecule has 0 fully saturated rings. The van der Waals surface area contributed by atoms with Crippen molar-refractivity contribution in [2.24, 2.45) is 0 Å². The third-order valence-electron chi connectivity index (χ3n) is 3.00. The Kier molecular flexibility index (Phi) is 14.1. The van der Waals surface area contributed by atoms with E-state index in [9.17, 15) is 4.79 Å². The van der Waals surface area contributed by atoms with Crippen LogP contribution in [0.2, 0.25) is 0 Å². The van der Waals surface area contributed by atoms with Crippen molar-refractivity contribution in [2.45, 2.75) is 84.5 Å². The smallest absolute Gasteiger partial charge is 0.188 e. The van der Waals surface area contributed by atoms with Crippen molar-refractivity contribution in [3.05, 3.63) is 0 Å². The highest BCUT2D eigenvalue weighted by atomic mass is 32.2. The molecule has 0 radical (unpaired) electrons. The fourth-order valence-electron chi connectivity index (χ4n) is 1.84. The minimum Gasteiger partial charge on any atom is -0.287 e. The van der Waals surface area contributed by atoms with Crippen LogP contribution in [0.15, 0.2) is 0 Å². The molecule has 0 aliphatic rings. The van der Waals surface area contributed by atoms with Gasteiger partial charge in [0.25, 0.3) is 0 Å². The van der Waals surface area contributed by atoms with Crippen molar-refractivity contribution in [3.63, 3.8) is 0 Å². The second kappa shape index (κ2) is 14.1. The number of unbranched alkanes of at least 4 members (excludes halogenated alkanes) is 8. The van der Waals surface area contributed by atoms with Gasteiger partial charge in [-0.25, -0.2) is 0 Å². The Balaban J connectivity index is 3.12. The average molecular weight is 258 g/mol. The van der Waals surface area contributed by atoms with Crippen molar-refractivity contribution in [1.29, 1.82) is 0 Å². The van der Waals surface area contributed by atoms with Crippen LogP contribution in [0.1, 0.15) is 84.5 Å². The molecule has 17 heavy (non-hydrogen) atoms. The zero-order valence-electron chi connectivity index (χ0n) is 11.8. The summed E-state index contributed by atoms with van der Waals surface area (Å²) in [6.07, 6.45) is 13.5. The molecule has 0 amide bonds. The maximum Gasteiger partial charge on any atom is 0.188 e. The third-order valence-corrected chi connectivity index (χ3v) is 4.01.